The van der Waals surface area contributed by atoms with Gasteiger partial charge in [0.25, 0.3) is 0 Å². The summed E-state index contributed by atoms with van der Waals surface area (Å²) in [7, 11) is 0. The molecule has 0 aliphatic heterocycles. The minimum atomic E-state index is -0.00721. The fourth-order valence-electron chi connectivity index (χ4n) is 1.22. The van der Waals surface area contributed by atoms with Crippen LogP contribution in [0, 0.1) is 0 Å². The zero-order valence-corrected chi connectivity index (χ0v) is 8.04. The fourth-order valence-corrected chi connectivity index (χ4v) is 1.22. The Labute approximate surface area is 86.3 Å². The number of benzene rings is 1. The summed E-state index contributed by atoms with van der Waals surface area (Å²) in [6.07, 6.45) is 0. The monoisotopic (exact) mass is 205 g/mol. The largest absolute Gasteiger partial charge is 0.399 e. The molecule has 1 aromatic heterocycles. The third-order valence-corrected chi connectivity index (χ3v) is 1.90. The molecule has 15 heavy (non-hydrogen) atoms. The van der Waals surface area contributed by atoms with Crippen LogP contribution in [0.3, 0.4) is 0 Å². The smallest absolute Gasteiger partial charge is 0.204 e. The molecule has 1 heterocycles. The summed E-state index contributed by atoms with van der Waals surface area (Å²) in [6, 6.07) is 7.26. The Balaban J connectivity index is 2.29. The van der Waals surface area contributed by atoms with Crippen molar-refractivity contribution in [1.29, 1.82) is 0 Å². The first-order chi connectivity index (χ1) is 7.29. The van der Waals surface area contributed by atoms with Gasteiger partial charge in [-0.25, -0.2) is 0 Å². The Kier molecular flexibility index (Phi) is 2.59. The molecular weight excluding hydrogens is 194 g/mol. The number of aromatic nitrogens is 4. The van der Waals surface area contributed by atoms with E-state index in [0.29, 0.717) is 18.1 Å². The normalized spacial score (nSPS) is 10.5. The number of rotatable bonds is 3. The first-order valence-corrected chi connectivity index (χ1v) is 4.54. The van der Waals surface area contributed by atoms with Gasteiger partial charge in [0, 0.05) is 11.3 Å². The molecule has 0 aliphatic rings. The van der Waals surface area contributed by atoms with Crippen LogP contribution in [0.15, 0.2) is 24.3 Å². The summed E-state index contributed by atoms with van der Waals surface area (Å²) in [5.41, 5.74) is 7.12. The van der Waals surface area contributed by atoms with Crippen LogP contribution in [0.5, 0.6) is 0 Å². The van der Waals surface area contributed by atoms with Crippen LogP contribution in [-0.2, 0) is 6.54 Å². The van der Waals surface area contributed by atoms with E-state index in [0.717, 1.165) is 5.56 Å². The third-order valence-electron chi connectivity index (χ3n) is 1.90. The molecule has 2 aromatic rings. The maximum atomic E-state index is 8.70. The molecule has 3 N–H and O–H groups in total. The van der Waals surface area contributed by atoms with E-state index in [1.807, 2.05) is 12.1 Å². The highest BCUT2D eigenvalue weighted by molar-refractivity contribution is 5.60. The number of nitrogens with two attached hydrogens (primary N) is 1. The van der Waals surface area contributed by atoms with E-state index in [-0.39, 0.29) is 6.61 Å². The van der Waals surface area contributed by atoms with Crippen LogP contribution in [0.25, 0.3) is 11.4 Å². The SMILES string of the molecule is Nc1cccc(-c2nnn(CCO)n2)c1. The van der Waals surface area contributed by atoms with E-state index in [9.17, 15) is 0 Å². The summed E-state index contributed by atoms with van der Waals surface area (Å²) in [6.45, 7) is 0.335. The third kappa shape index (κ3) is 2.10. The van der Waals surface area contributed by atoms with Gasteiger partial charge >= 0.3 is 0 Å². The lowest BCUT2D eigenvalue weighted by atomic mass is 10.2. The quantitative estimate of drug-likeness (QED) is 0.684. The predicted molar refractivity (Wildman–Crippen MR) is 54.8 cm³/mol. The number of nitrogen functional groups attached to an aromatic ring is 1. The van der Waals surface area contributed by atoms with E-state index in [1.165, 1.54) is 4.80 Å². The lowest BCUT2D eigenvalue weighted by molar-refractivity contribution is 0.259. The van der Waals surface area contributed by atoms with Crippen molar-refractivity contribution >= 4 is 5.69 Å². The summed E-state index contributed by atoms with van der Waals surface area (Å²) in [5.74, 6) is 0.510. The number of tetrazole rings is 1. The average molecular weight is 205 g/mol. The number of hydrogen-bond acceptors (Lipinski definition) is 5. The van der Waals surface area contributed by atoms with Gasteiger partial charge in [-0.15, -0.1) is 10.2 Å². The second-order valence-electron chi connectivity index (χ2n) is 3.06. The van der Waals surface area contributed by atoms with Crippen LogP contribution >= 0.6 is 0 Å². The first-order valence-electron chi connectivity index (χ1n) is 4.54. The minimum absolute atomic E-state index is 0.00721. The zero-order chi connectivity index (χ0) is 10.7. The molecule has 0 atom stereocenters. The van der Waals surface area contributed by atoms with Gasteiger partial charge in [0.15, 0.2) is 0 Å². The van der Waals surface area contributed by atoms with Crippen molar-refractivity contribution in [3.05, 3.63) is 24.3 Å². The Bertz CT molecular complexity index is 453. The minimum Gasteiger partial charge on any atom is -0.399 e. The van der Waals surface area contributed by atoms with Gasteiger partial charge in [0.2, 0.25) is 5.82 Å². The summed E-state index contributed by atoms with van der Waals surface area (Å²) in [5, 5.41) is 20.4. The second kappa shape index (κ2) is 4.05. The van der Waals surface area contributed by atoms with Crippen molar-refractivity contribution in [3.63, 3.8) is 0 Å². The van der Waals surface area contributed by atoms with Gasteiger partial charge in [0.1, 0.15) is 0 Å². The van der Waals surface area contributed by atoms with Crippen LogP contribution in [0.2, 0.25) is 0 Å². The second-order valence-corrected chi connectivity index (χ2v) is 3.06. The molecule has 0 saturated heterocycles. The summed E-state index contributed by atoms with van der Waals surface area (Å²) < 4.78 is 0. The van der Waals surface area contributed by atoms with E-state index in [1.54, 1.807) is 12.1 Å². The van der Waals surface area contributed by atoms with Crippen molar-refractivity contribution in [2.24, 2.45) is 0 Å². The average Bonchev–Trinajstić information content (AvgIpc) is 2.67. The summed E-state index contributed by atoms with van der Waals surface area (Å²) in [4.78, 5) is 1.35. The number of nitrogens with zero attached hydrogens (tertiary/aromatic N) is 4. The van der Waals surface area contributed by atoms with Crippen LogP contribution in [0.4, 0.5) is 5.69 Å². The molecule has 0 saturated carbocycles. The van der Waals surface area contributed by atoms with Gasteiger partial charge in [-0.2, -0.15) is 4.80 Å². The fraction of sp³-hybridized carbons (Fsp3) is 0.222. The first kappa shape index (κ1) is 9.60. The van der Waals surface area contributed by atoms with Gasteiger partial charge in [-0.1, -0.05) is 12.1 Å². The molecule has 0 radical (unpaired) electrons. The Morgan fingerprint density at radius 2 is 2.27 bits per heavy atom. The number of aliphatic hydroxyl groups is 1. The van der Waals surface area contributed by atoms with Gasteiger partial charge in [-0.3, -0.25) is 0 Å². The molecule has 1 aromatic carbocycles. The lowest BCUT2D eigenvalue weighted by Crippen LogP contribution is -2.05. The molecule has 0 unspecified atom stereocenters. The predicted octanol–water partition coefficient (Wildman–Crippen LogP) is -0.0854. The van der Waals surface area contributed by atoms with Crippen molar-refractivity contribution in [3.8, 4) is 11.4 Å². The Hall–Kier alpha value is -1.95. The van der Waals surface area contributed by atoms with Crippen LogP contribution < -0.4 is 5.73 Å². The van der Waals surface area contributed by atoms with Gasteiger partial charge < -0.3 is 10.8 Å². The topological polar surface area (TPSA) is 89.8 Å². The summed E-state index contributed by atoms with van der Waals surface area (Å²) >= 11 is 0. The molecule has 0 amide bonds. The van der Waals surface area contributed by atoms with Gasteiger partial charge in [-0.05, 0) is 17.3 Å². The molecular formula is C9H11N5O. The van der Waals surface area contributed by atoms with E-state index in [2.05, 4.69) is 15.4 Å². The number of anilines is 1. The molecule has 0 fully saturated rings. The van der Waals surface area contributed by atoms with E-state index in [4.69, 9.17) is 10.8 Å². The van der Waals surface area contributed by atoms with Crippen molar-refractivity contribution in [2.75, 3.05) is 12.3 Å². The maximum Gasteiger partial charge on any atom is 0.204 e. The molecule has 0 spiro atoms. The number of aliphatic hydroxyl groups excluding tert-OH is 1. The Morgan fingerprint density at radius 3 is 3.00 bits per heavy atom. The standard InChI is InChI=1S/C9H11N5O/c10-8-3-1-2-7(6-8)9-11-13-14(12-9)4-5-15/h1-3,6,15H,4-5,10H2. The highest BCUT2D eigenvalue weighted by Gasteiger charge is 2.05. The van der Waals surface area contributed by atoms with Crippen LogP contribution in [-0.4, -0.2) is 31.9 Å². The van der Waals surface area contributed by atoms with E-state index >= 15 is 0 Å². The molecule has 6 heteroatoms. The highest BCUT2D eigenvalue weighted by atomic mass is 16.3. The molecule has 0 bridgehead atoms. The van der Waals surface area contributed by atoms with Crippen LogP contribution in [0.1, 0.15) is 0 Å². The zero-order valence-electron chi connectivity index (χ0n) is 8.04. The van der Waals surface area contributed by atoms with Gasteiger partial charge in [0.05, 0.1) is 13.2 Å². The van der Waals surface area contributed by atoms with Crippen molar-refractivity contribution < 1.29 is 5.11 Å². The van der Waals surface area contributed by atoms with E-state index < -0.39 is 0 Å². The molecule has 78 valence electrons. The number of hydrogen-bond donors (Lipinski definition) is 2. The lowest BCUT2D eigenvalue weighted by Gasteiger charge is -1.95. The molecule has 6 nitrogen and oxygen atoms in total. The van der Waals surface area contributed by atoms with Crippen molar-refractivity contribution in [2.45, 2.75) is 6.54 Å². The maximum absolute atomic E-state index is 8.70. The molecule has 2 rings (SSSR count). The Morgan fingerprint density at radius 1 is 1.40 bits per heavy atom. The molecule has 0 aliphatic carbocycles. The highest BCUT2D eigenvalue weighted by Crippen LogP contribution is 2.15. The van der Waals surface area contributed by atoms with Crippen molar-refractivity contribution in [1.82, 2.24) is 20.2 Å².